The fourth-order valence-electron chi connectivity index (χ4n) is 4.63. The number of aryl methyl sites for hydroxylation is 2. The summed E-state index contributed by atoms with van der Waals surface area (Å²) in [5, 5.41) is 16.6. The summed E-state index contributed by atoms with van der Waals surface area (Å²) in [6.07, 6.45) is 6.97. The van der Waals surface area contributed by atoms with Crippen molar-refractivity contribution in [3.63, 3.8) is 0 Å². The molecular formula is C34H32N6O4S. The quantitative estimate of drug-likeness (QED) is 0.150. The van der Waals surface area contributed by atoms with Crippen molar-refractivity contribution in [2.75, 3.05) is 11.9 Å². The van der Waals surface area contributed by atoms with Crippen molar-refractivity contribution in [1.82, 2.24) is 25.3 Å². The Hall–Kier alpha value is -5.47. The molecule has 3 N–H and O–H groups in total. The highest BCUT2D eigenvalue weighted by molar-refractivity contribution is 7.90. The predicted molar refractivity (Wildman–Crippen MR) is 171 cm³/mol. The van der Waals surface area contributed by atoms with Gasteiger partial charge in [0.25, 0.3) is 5.91 Å². The minimum atomic E-state index is -3.84. The zero-order valence-electron chi connectivity index (χ0n) is 24.7. The van der Waals surface area contributed by atoms with Gasteiger partial charge >= 0.3 is 0 Å². The fourth-order valence-corrected chi connectivity index (χ4v) is 6.05. The zero-order chi connectivity index (χ0) is 31.6. The van der Waals surface area contributed by atoms with E-state index in [1.165, 1.54) is 18.2 Å². The number of nitrogens with zero attached hydrogens (tertiary/aromatic N) is 3. The van der Waals surface area contributed by atoms with Crippen molar-refractivity contribution in [3.8, 4) is 11.8 Å². The van der Waals surface area contributed by atoms with Crippen LogP contribution in [0.15, 0.2) is 102 Å². The van der Waals surface area contributed by atoms with Gasteiger partial charge in [0.2, 0.25) is 5.91 Å². The second-order valence-electron chi connectivity index (χ2n) is 10.5. The number of sulfone groups is 1. The van der Waals surface area contributed by atoms with E-state index in [-0.39, 0.29) is 34.4 Å². The second-order valence-corrected chi connectivity index (χ2v) is 12.4. The summed E-state index contributed by atoms with van der Waals surface area (Å²) >= 11 is 0. The van der Waals surface area contributed by atoms with Crippen LogP contribution in [0, 0.1) is 11.8 Å². The van der Waals surface area contributed by atoms with Gasteiger partial charge in [-0.25, -0.2) is 8.42 Å². The Morgan fingerprint density at radius 1 is 0.956 bits per heavy atom. The monoisotopic (exact) mass is 620 g/mol. The normalized spacial score (nSPS) is 11.0. The topological polar surface area (TPSA) is 139 Å². The van der Waals surface area contributed by atoms with Crippen molar-refractivity contribution in [2.24, 2.45) is 7.05 Å². The van der Waals surface area contributed by atoms with Gasteiger partial charge < -0.3 is 10.6 Å². The minimum Gasteiger partial charge on any atom is -0.352 e. The molecule has 0 bridgehead atoms. The lowest BCUT2D eigenvalue weighted by Gasteiger charge is -2.09. The Kier molecular flexibility index (Phi) is 9.87. The molecule has 0 radical (unpaired) electrons. The molecular weight excluding hydrogens is 588 g/mol. The second kappa shape index (κ2) is 14.3. The number of amides is 2. The van der Waals surface area contributed by atoms with Gasteiger partial charge in [0.15, 0.2) is 9.84 Å². The number of benzene rings is 3. The van der Waals surface area contributed by atoms with E-state index in [0.29, 0.717) is 29.1 Å². The number of H-pyrrole nitrogens is 1. The molecule has 5 rings (SSSR count). The van der Waals surface area contributed by atoms with Crippen LogP contribution in [0.1, 0.15) is 44.7 Å². The number of carbonyl (C=O) groups excluding carboxylic acids is 2. The average Bonchev–Trinajstić information content (AvgIpc) is 3.70. The van der Waals surface area contributed by atoms with E-state index in [1.807, 2.05) is 36.5 Å². The summed E-state index contributed by atoms with van der Waals surface area (Å²) in [5.74, 6) is 5.21. The lowest BCUT2D eigenvalue weighted by molar-refractivity contribution is -0.115. The molecule has 228 valence electrons. The summed E-state index contributed by atoms with van der Waals surface area (Å²) in [6.45, 7) is 0.443. The minimum absolute atomic E-state index is 0.0157. The van der Waals surface area contributed by atoms with E-state index in [2.05, 4.69) is 37.8 Å². The molecule has 0 aliphatic heterocycles. The van der Waals surface area contributed by atoms with E-state index >= 15 is 0 Å². The van der Waals surface area contributed by atoms with E-state index in [4.69, 9.17) is 0 Å². The molecule has 45 heavy (non-hydrogen) atoms. The Bertz CT molecular complexity index is 1940. The molecule has 2 aromatic heterocycles. The van der Waals surface area contributed by atoms with Crippen molar-refractivity contribution >= 4 is 27.3 Å². The molecule has 10 nitrogen and oxygen atoms in total. The van der Waals surface area contributed by atoms with Crippen molar-refractivity contribution in [3.05, 3.63) is 131 Å². The zero-order valence-corrected chi connectivity index (χ0v) is 25.5. The van der Waals surface area contributed by atoms with Crippen LogP contribution in [-0.4, -0.2) is 46.8 Å². The molecule has 3 aromatic carbocycles. The van der Waals surface area contributed by atoms with Crippen LogP contribution in [0.2, 0.25) is 0 Å². The molecule has 0 fully saturated rings. The highest BCUT2D eigenvalue weighted by atomic mass is 32.2. The first kappa shape index (κ1) is 31.0. The molecule has 0 saturated heterocycles. The Balaban J connectivity index is 1.33. The molecule has 2 heterocycles. The summed E-state index contributed by atoms with van der Waals surface area (Å²) < 4.78 is 28.5. The molecule has 5 aromatic rings. The van der Waals surface area contributed by atoms with E-state index in [1.54, 1.807) is 54.5 Å². The molecule has 0 saturated carbocycles. The Labute approximate surface area is 261 Å². The predicted octanol–water partition coefficient (Wildman–Crippen LogP) is 4.06. The van der Waals surface area contributed by atoms with Crippen LogP contribution in [0.25, 0.3) is 0 Å². The first-order valence-corrected chi connectivity index (χ1v) is 16.0. The highest BCUT2D eigenvalue weighted by Crippen LogP contribution is 2.22. The molecule has 0 spiro atoms. The van der Waals surface area contributed by atoms with Crippen molar-refractivity contribution < 1.29 is 18.0 Å². The standard InChI is InChI=1S/C34H32N6O4S/c1-40-19-17-31(39-40)24-45(43,44)32-16-13-29(34(42)35-18-5-8-27-22-36-37-23-27)21-28(32)12-9-25-10-14-30(15-11-25)38-33(41)20-26-6-3-2-4-7-26/h2-4,6-7,10-11,13-17,19,21-23H,5,8,18,20,24H2,1H3,(H,35,42)(H,36,37)(H,38,41). The van der Waals surface area contributed by atoms with Gasteiger partial charge in [-0.05, 0) is 72.5 Å². The third-order valence-corrected chi connectivity index (χ3v) is 8.59. The average molecular weight is 621 g/mol. The number of carbonyl (C=O) groups is 2. The molecule has 2 amide bonds. The lowest BCUT2D eigenvalue weighted by Crippen LogP contribution is -2.25. The number of aromatic amines is 1. The van der Waals surface area contributed by atoms with Gasteiger partial charge in [0, 0.05) is 48.4 Å². The Morgan fingerprint density at radius 2 is 1.76 bits per heavy atom. The summed E-state index contributed by atoms with van der Waals surface area (Å²) in [4.78, 5) is 25.4. The van der Waals surface area contributed by atoms with Gasteiger partial charge in [0.1, 0.15) is 0 Å². The molecule has 11 heteroatoms. The largest absolute Gasteiger partial charge is 0.352 e. The number of anilines is 1. The van der Waals surface area contributed by atoms with Crippen LogP contribution < -0.4 is 10.6 Å². The molecule has 0 atom stereocenters. The SMILES string of the molecule is Cn1ccc(CS(=O)(=O)c2ccc(C(=O)NCCCc3cn[nH]c3)cc2C#Cc2ccc(NC(=O)Cc3ccccc3)cc2)n1. The van der Waals surface area contributed by atoms with Crippen LogP contribution in [0.3, 0.4) is 0 Å². The first-order chi connectivity index (χ1) is 21.7. The number of hydrogen-bond donors (Lipinski definition) is 3. The van der Waals surface area contributed by atoms with Crippen LogP contribution in [-0.2, 0) is 40.3 Å². The lowest BCUT2D eigenvalue weighted by atomic mass is 10.1. The maximum atomic E-state index is 13.5. The highest BCUT2D eigenvalue weighted by Gasteiger charge is 2.22. The summed E-state index contributed by atoms with van der Waals surface area (Å²) in [5.41, 5.74) is 4.10. The van der Waals surface area contributed by atoms with Crippen LogP contribution in [0.4, 0.5) is 5.69 Å². The van der Waals surface area contributed by atoms with Gasteiger partial charge in [-0.3, -0.25) is 19.4 Å². The number of rotatable bonds is 11. The van der Waals surface area contributed by atoms with E-state index in [0.717, 1.165) is 24.0 Å². The maximum absolute atomic E-state index is 13.5. The van der Waals surface area contributed by atoms with E-state index < -0.39 is 9.84 Å². The molecule has 0 unspecified atom stereocenters. The van der Waals surface area contributed by atoms with Crippen molar-refractivity contribution in [2.45, 2.75) is 29.9 Å². The third-order valence-electron chi connectivity index (χ3n) is 6.88. The smallest absolute Gasteiger partial charge is 0.251 e. The summed E-state index contributed by atoms with van der Waals surface area (Å²) in [6, 6.07) is 22.5. The van der Waals surface area contributed by atoms with Gasteiger partial charge in [-0.15, -0.1) is 0 Å². The van der Waals surface area contributed by atoms with Crippen LogP contribution in [0.5, 0.6) is 0 Å². The maximum Gasteiger partial charge on any atom is 0.251 e. The van der Waals surface area contributed by atoms with Gasteiger partial charge in [0.05, 0.1) is 29.0 Å². The molecule has 0 aliphatic rings. The number of nitrogens with one attached hydrogen (secondary N) is 3. The van der Waals surface area contributed by atoms with E-state index in [9.17, 15) is 18.0 Å². The third kappa shape index (κ3) is 8.78. The van der Waals surface area contributed by atoms with Gasteiger partial charge in [-0.1, -0.05) is 42.2 Å². The van der Waals surface area contributed by atoms with Gasteiger partial charge in [-0.2, -0.15) is 10.2 Å². The van der Waals surface area contributed by atoms with Crippen LogP contribution >= 0.6 is 0 Å². The molecule has 0 aliphatic carbocycles. The van der Waals surface area contributed by atoms with Crippen molar-refractivity contribution in [1.29, 1.82) is 0 Å². The number of hydrogen-bond acceptors (Lipinski definition) is 6. The number of aromatic nitrogens is 4. The summed E-state index contributed by atoms with van der Waals surface area (Å²) in [7, 11) is -2.12. The fraction of sp³-hybridized carbons (Fsp3) is 0.176. The Morgan fingerprint density at radius 3 is 2.47 bits per heavy atom. The first-order valence-electron chi connectivity index (χ1n) is 14.3.